The standard InChI is InChI=1S/C8H10N2O2/c1-3-4-10-6(2)5-7(9-10)8(11)12/h3,5H,1,4H2,2H3,(H,11,12). The fraction of sp³-hybridized carbons (Fsp3) is 0.250. The Morgan fingerprint density at radius 1 is 1.92 bits per heavy atom. The highest BCUT2D eigenvalue weighted by Gasteiger charge is 2.08. The summed E-state index contributed by atoms with van der Waals surface area (Å²) in [5.74, 6) is -0.999. The highest BCUT2D eigenvalue weighted by atomic mass is 16.4. The third-order valence-corrected chi connectivity index (χ3v) is 1.50. The quantitative estimate of drug-likeness (QED) is 0.683. The van der Waals surface area contributed by atoms with Gasteiger partial charge in [0.25, 0.3) is 0 Å². The molecule has 0 bridgehead atoms. The van der Waals surface area contributed by atoms with Crippen molar-refractivity contribution < 1.29 is 9.90 Å². The van der Waals surface area contributed by atoms with Gasteiger partial charge in [0, 0.05) is 5.69 Å². The van der Waals surface area contributed by atoms with Crippen LogP contribution in [0.25, 0.3) is 0 Å². The molecule has 12 heavy (non-hydrogen) atoms. The van der Waals surface area contributed by atoms with Gasteiger partial charge in [0.15, 0.2) is 5.69 Å². The van der Waals surface area contributed by atoms with E-state index in [0.717, 1.165) is 5.69 Å². The molecule has 0 aliphatic rings. The number of aromatic nitrogens is 2. The lowest BCUT2D eigenvalue weighted by molar-refractivity contribution is 0.0689. The molecule has 0 saturated carbocycles. The van der Waals surface area contributed by atoms with Gasteiger partial charge in [-0.05, 0) is 13.0 Å². The van der Waals surface area contributed by atoms with E-state index < -0.39 is 5.97 Å². The second kappa shape index (κ2) is 3.21. The highest BCUT2D eigenvalue weighted by Crippen LogP contribution is 2.02. The minimum atomic E-state index is -0.999. The van der Waals surface area contributed by atoms with Gasteiger partial charge in [-0.3, -0.25) is 4.68 Å². The van der Waals surface area contributed by atoms with Crippen molar-refractivity contribution >= 4 is 5.97 Å². The summed E-state index contributed by atoms with van der Waals surface area (Å²) in [5, 5.41) is 12.4. The van der Waals surface area contributed by atoms with Gasteiger partial charge in [-0.15, -0.1) is 6.58 Å². The number of hydrogen-bond donors (Lipinski definition) is 1. The van der Waals surface area contributed by atoms with Crippen LogP contribution in [0.15, 0.2) is 18.7 Å². The van der Waals surface area contributed by atoms with E-state index in [1.165, 1.54) is 6.07 Å². The molecule has 0 fully saturated rings. The SMILES string of the molecule is C=CCn1nc(C(=O)O)cc1C. The molecule has 4 heteroatoms. The lowest BCUT2D eigenvalue weighted by Gasteiger charge is -1.96. The number of allylic oxidation sites excluding steroid dienone is 1. The second-order valence-corrected chi connectivity index (χ2v) is 2.45. The summed E-state index contributed by atoms with van der Waals surface area (Å²) in [5.41, 5.74) is 0.904. The summed E-state index contributed by atoms with van der Waals surface area (Å²) in [6, 6.07) is 1.53. The highest BCUT2D eigenvalue weighted by molar-refractivity contribution is 5.85. The predicted molar refractivity (Wildman–Crippen MR) is 44.1 cm³/mol. The molecule has 0 aliphatic carbocycles. The molecule has 0 spiro atoms. The van der Waals surface area contributed by atoms with Crippen LogP contribution in [0.2, 0.25) is 0 Å². The topological polar surface area (TPSA) is 55.1 Å². The van der Waals surface area contributed by atoms with Crippen LogP contribution in [0.1, 0.15) is 16.2 Å². The Hall–Kier alpha value is -1.58. The first-order chi connectivity index (χ1) is 5.65. The molecule has 0 aliphatic heterocycles. The minimum Gasteiger partial charge on any atom is -0.476 e. The predicted octanol–water partition coefficient (Wildman–Crippen LogP) is 1.08. The zero-order valence-electron chi connectivity index (χ0n) is 6.82. The average molecular weight is 166 g/mol. The van der Waals surface area contributed by atoms with Gasteiger partial charge in [-0.1, -0.05) is 6.08 Å². The van der Waals surface area contributed by atoms with Gasteiger partial charge in [0.1, 0.15) is 0 Å². The normalized spacial score (nSPS) is 9.75. The fourth-order valence-electron chi connectivity index (χ4n) is 0.922. The summed E-state index contributed by atoms with van der Waals surface area (Å²) in [4.78, 5) is 10.5. The van der Waals surface area contributed by atoms with E-state index in [9.17, 15) is 4.79 Å². The zero-order chi connectivity index (χ0) is 9.14. The van der Waals surface area contributed by atoms with Gasteiger partial charge in [-0.2, -0.15) is 5.10 Å². The average Bonchev–Trinajstić information content (AvgIpc) is 2.34. The van der Waals surface area contributed by atoms with Gasteiger partial charge >= 0.3 is 5.97 Å². The number of rotatable bonds is 3. The number of carbonyl (C=O) groups is 1. The lowest BCUT2D eigenvalue weighted by Crippen LogP contribution is -2.02. The van der Waals surface area contributed by atoms with Crippen molar-refractivity contribution in [3.05, 3.63) is 30.1 Å². The Morgan fingerprint density at radius 2 is 2.58 bits per heavy atom. The first-order valence-electron chi connectivity index (χ1n) is 3.54. The smallest absolute Gasteiger partial charge is 0.356 e. The molecule has 0 aromatic carbocycles. The fourth-order valence-corrected chi connectivity index (χ4v) is 0.922. The molecule has 1 aromatic heterocycles. The summed E-state index contributed by atoms with van der Waals surface area (Å²) in [7, 11) is 0. The summed E-state index contributed by atoms with van der Waals surface area (Å²) >= 11 is 0. The number of aromatic carboxylic acids is 1. The molecular weight excluding hydrogens is 156 g/mol. The number of hydrogen-bond acceptors (Lipinski definition) is 2. The van der Waals surface area contributed by atoms with Crippen molar-refractivity contribution in [1.29, 1.82) is 0 Å². The molecule has 1 heterocycles. The molecule has 4 nitrogen and oxygen atoms in total. The van der Waals surface area contributed by atoms with Crippen LogP contribution in [-0.4, -0.2) is 20.9 Å². The first-order valence-corrected chi connectivity index (χ1v) is 3.54. The Balaban J connectivity index is 2.99. The number of aryl methyl sites for hydroxylation is 1. The van der Waals surface area contributed by atoms with Crippen molar-refractivity contribution in [2.75, 3.05) is 0 Å². The number of carboxylic acids is 1. The molecule has 1 aromatic rings. The van der Waals surface area contributed by atoms with Crippen LogP contribution in [0, 0.1) is 6.92 Å². The van der Waals surface area contributed by atoms with E-state index in [2.05, 4.69) is 11.7 Å². The van der Waals surface area contributed by atoms with Gasteiger partial charge in [0.05, 0.1) is 6.54 Å². The van der Waals surface area contributed by atoms with Crippen LogP contribution in [-0.2, 0) is 6.54 Å². The third-order valence-electron chi connectivity index (χ3n) is 1.50. The zero-order valence-corrected chi connectivity index (χ0v) is 6.82. The van der Waals surface area contributed by atoms with Gasteiger partial charge in [0.2, 0.25) is 0 Å². The minimum absolute atomic E-state index is 0.0781. The van der Waals surface area contributed by atoms with Gasteiger partial charge in [-0.25, -0.2) is 4.79 Å². The third kappa shape index (κ3) is 1.53. The van der Waals surface area contributed by atoms with Crippen molar-refractivity contribution in [2.24, 2.45) is 0 Å². The van der Waals surface area contributed by atoms with Crippen LogP contribution in [0.4, 0.5) is 0 Å². The first kappa shape index (κ1) is 8.52. The summed E-state index contributed by atoms with van der Waals surface area (Å²) in [6.07, 6.45) is 1.67. The van der Waals surface area contributed by atoms with E-state index >= 15 is 0 Å². The maximum atomic E-state index is 10.5. The molecule has 0 saturated heterocycles. The van der Waals surface area contributed by atoms with E-state index in [4.69, 9.17) is 5.11 Å². The van der Waals surface area contributed by atoms with Crippen molar-refractivity contribution in [3.63, 3.8) is 0 Å². The van der Waals surface area contributed by atoms with E-state index in [1.54, 1.807) is 10.8 Å². The molecule has 0 unspecified atom stereocenters. The maximum Gasteiger partial charge on any atom is 0.356 e. The molecule has 64 valence electrons. The van der Waals surface area contributed by atoms with Crippen LogP contribution in [0.3, 0.4) is 0 Å². The van der Waals surface area contributed by atoms with Crippen LogP contribution < -0.4 is 0 Å². The maximum absolute atomic E-state index is 10.5. The molecular formula is C8H10N2O2. The molecule has 0 radical (unpaired) electrons. The van der Waals surface area contributed by atoms with E-state index in [1.807, 2.05) is 6.92 Å². The van der Waals surface area contributed by atoms with Gasteiger partial charge < -0.3 is 5.11 Å². The Bertz CT molecular complexity index is 315. The monoisotopic (exact) mass is 166 g/mol. The van der Waals surface area contributed by atoms with Crippen molar-refractivity contribution in [3.8, 4) is 0 Å². The second-order valence-electron chi connectivity index (χ2n) is 2.45. The summed E-state index contributed by atoms with van der Waals surface area (Å²) < 4.78 is 1.59. The van der Waals surface area contributed by atoms with E-state index in [0.29, 0.717) is 6.54 Å². The molecule has 0 atom stereocenters. The molecule has 1 N–H and O–H groups in total. The molecule has 1 rings (SSSR count). The Kier molecular flexibility index (Phi) is 2.28. The van der Waals surface area contributed by atoms with Crippen LogP contribution >= 0.6 is 0 Å². The largest absolute Gasteiger partial charge is 0.476 e. The van der Waals surface area contributed by atoms with Crippen molar-refractivity contribution in [1.82, 2.24) is 9.78 Å². The summed E-state index contributed by atoms with van der Waals surface area (Å²) in [6.45, 7) is 5.89. The van der Waals surface area contributed by atoms with Crippen molar-refractivity contribution in [2.45, 2.75) is 13.5 Å². The number of carboxylic acid groups (broad SMARTS) is 1. The lowest BCUT2D eigenvalue weighted by atomic mass is 10.4. The molecule has 0 amide bonds. The van der Waals surface area contributed by atoms with Crippen LogP contribution in [0.5, 0.6) is 0 Å². The van der Waals surface area contributed by atoms with E-state index in [-0.39, 0.29) is 5.69 Å². The number of nitrogens with zero attached hydrogens (tertiary/aromatic N) is 2. The Morgan fingerprint density at radius 3 is 3.00 bits per heavy atom. The Labute approximate surface area is 70.1 Å².